The monoisotopic (exact) mass is 163 g/mol. The zero-order valence-corrected chi connectivity index (χ0v) is 6.97. The van der Waals surface area contributed by atoms with E-state index in [-0.39, 0.29) is 12.6 Å². The van der Waals surface area contributed by atoms with E-state index in [1.54, 1.807) is 11.9 Å². The summed E-state index contributed by atoms with van der Waals surface area (Å²) in [6.07, 6.45) is 0.326. The molecule has 0 radical (unpaired) electrons. The van der Waals surface area contributed by atoms with Gasteiger partial charge in [-0.1, -0.05) is 0 Å². The Labute approximate surface area is 66.1 Å². The average Bonchev–Trinajstić information content (AvgIpc) is 2.01. The van der Waals surface area contributed by atoms with Gasteiger partial charge in [-0.3, -0.25) is 4.79 Å². The van der Waals surface area contributed by atoms with E-state index in [9.17, 15) is 9.18 Å². The van der Waals surface area contributed by atoms with Crippen molar-refractivity contribution in [2.45, 2.75) is 6.42 Å². The molecule has 0 aromatic heterocycles. The second-order valence-corrected chi connectivity index (χ2v) is 2.32. The number of hydrogen-bond acceptors (Lipinski definition) is 3. The molecule has 0 heterocycles. The summed E-state index contributed by atoms with van der Waals surface area (Å²) in [6.45, 7) is 0.547. The van der Waals surface area contributed by atoms with Crippen molar-refractivity contribution in [3.8, 4) is 0 Å². The summed E-state index contributed by atoms with van der Waals surface area (Å²) >= 11 is 0. The zero-order valence-electron chi connectivity index (χ0n) is 6.97. The van der Waals surface area contributed by atoms with Crippen LogP contribution in [0.5, 0.6) is 0 Å². The maximum Gasteiger partial charge on any atom is 0.306 e. The highest BCUT2D eigenvalue weighted by Gasteiger charge is 2.02. The first-order valence-electron chi connectivity index (χ1n) is 3.52. The van der Waals surface area contributed by atoms with Gasteiger partial charge in [0.15, 0.2) is 0 Å². The van der Waals surface area contributed by atoms with Crippen LogP contribution >= 0.6 is 0 Å². The SMILES string of the molecule is COC(=O)CCN(C)CCF. The maximum atomic E-state index is 11.7. The number of carbonyl (C=O) groups is 1. The number of carbonyl (C=O) groups excluding carboxylic acids is 1. The molecule has 0 N–H and O–H groups in total. The number of nitrogens with zero attached hydrogens (tertiary/aromatic N) is 1. The molecule has 0 aromatic carbocycles. The van der Waals surface area contributed by atoms with Crippen molar-refractivity contribution in [2.24, 2.45) is 0 Å². The van der Waals surface area contributed by atoms with Crippen LogP contribution in [0.25, 0.3) is 0 Å². The lowest BCUT2D eigenvalue weighted by atomic mass is 10.4. The third-order valence-corrected chi connectivity index (χ3v) is 1.39. The van der Waals surface area contributed by atoms with Gasteiger partial charge in [0.25, 0.3) is 0 Å². The number of halogens is 1. The molecule has 0 aromatic rings. The van der Waals surface area contributed by atoms with Crippen LogP contribution in [-0.2, 0) is 9.53 Å². The number of rotatable bonds is 5. The molecular weight excluding hydrogens is 149 g/mol. The number of esters is 1. The van der Waals surface area contributed by atoms with Gasteiger partial charge in [-0.2, -0.15) is 0 Å². The topological polar surface area (TPSA) is 29.5 Å². The van der Waals surface area contributed by atoms with E-state index in [0.717, 1.165) is 0 Å². The van der Waals surface area contributed by atoms with Crippen LogP contribution < -0.4 is 0 Å². The van der Waals surface area contributed by atoms with E-state index in [2.05, 4.69) is 4.74 Å². The minimum absolute atomic E-state index is 0.254. The van der Waals surface area contributed by atoms with Gasteiger partial charge in [0, 0.05) is 13.1 Å². The Balaban J connectivity index is 3.29. The lowest BCUT2D eigenvalue weighted by Gasteiger charge is -2.12. The molecule has 0 saturated carbocycles. The summed E-state index contributed by atoms with van der Waals surface area (Å²) in [7, 11) is 3.11. The fourth-order valence-corrected chi connectivity index (χ4v) is 0.640. The number of alkyl halides is 1. The highest BCUT2D eigenvalue weighted by molar-refractivity contribution is 5.69. The van der Waals surface area contributed by atoms with E-state index in [1.165, 1.54) is 7.11 Å². The highest BCUT2D eigenvalue weighted by atomic mass is 19.1. The zero-order chi connectivity index (χ0) is 8.69. The molecule has 4 heteroatoms. The molecule has 3 nitrogen and oxygen atoms in total. The average molecular weight is 163 g/mol. The standard InChI is InChI=1S/C7H14FNO2/c1-9(6-4-8)5-3-7(10)11-2/h3-6H2,1-2H3. The van der Waals surface area contributed by atoms with Crippen LogP contribution in [0.2, 0.25) is 0 Å². The summed E-state index contributed by atoms with van der Waals surface area (Å²) < 4.78 is 16.1. The Kier molecular flexibility index (Phi) is 5.74. The van der Waals surface area contributed by atoms with Crippen molar-refractivity contribution in [3.05, 3.63) is 0 Å². The van der Waals surface area contributed by atoms with E-state index in [4.69, 9.17) is 0 Å². The summed E-state index contributed by atoms with van der Waals surface area (Å²) in [5.74, 6) is -0.254. The molecule has 0 amide bonds. The second kappa shape index (κ2) is 6.09. The molecule has 0 spiro atoms. The van der Waals surface area contributed by atoms with Gasteiger partial charge < -0.3 is 9.64 Å². The second-order valence-electron chi connectivity index (χ2n) is 2.32. The molecule has 0 bridgehead atoms. The van der Waals surface area contributed by atoms with Crippen molar-refractivity contribution >= 4 is 5.97 Å². The molecule has 0 rings (SSSR count). The van der Waals surface area contributed by atoms with Gasteiger partial charge in [0.05, 0.1) is 13.5 Å². The van der Waals surface area contributed by atoms with E-state index < -0.39 is 0 Å². The summed E-state index contributed by atoms with van der Waals surface area (Å²) in [5.41, 5.74) is 0. The van der Waals surface area contributed by atoms with Gasteiger partial charge in [0.1, 0.15) is 6.67 Å². The van der Waals surface area contributed by atoms with Crippen LogP contribution in [0.3, 0.4) is 0 Å². The Morgan fingerprint density at radius 3 is 2.64 bits per heavy atom. The van der Waals surface area contributed by atoms with E-state index in [0.29, 0.717) is 19.5 Å². The highest BCUT2D eigenvalue weighted by Crippen LogP contribution is 1.89. The van der Waals surface area contributed by atoms with E-state index in [1.807, 2.05) is 0 Å². The van der Waals surface area contributed by atoms with Crippen LogP contribution in [0, 0.1) is 0 Å². The van der Waals surface area contributed by atoms with Crippen molar-refractivity contribution in [1.82, 2.24) is 4.90 Å². The third kappa shape index (κ3) is 5.79. The number of hydrogen-bond donors (Lipinski definition) is 0. The first kappa shape index (κ1) is 10.4. The molecule has 0 fully saturated rings. The van der Waals surface area contributed by atoms with Crippen LogP contribution in [0.15, 0.2) is 0 Å². The molecule has 66 valence electrons. The van der Waals surface area contributed by atoms with Crippen molar-refractivity contribution in [3.63, 3.8) is 0 Å². The molecule has 0 aliphatic heterocycles. The first-order valence-corrected chi connectivity index (χ1v) is 3.52. The molecule has 0 saturated heterocycles. The van der Waals surface area contributed by atoms with Crippen LogP contribution in [0.1, 0.15) is 6.42 Å². The van der Waals surface area contributed by atoms with Crippen LogP contribution in [-0.4, -0.2) is 44.8 Å². The van der Waals surface area contributed by atoms with Gasteiger partial charge in [0.2, 0.25) is 0 Å². The molecule has 0 atom stereocenters. The first-order chi connectivity index (χ1) is 5.20. The minimum atomic E-state index is -0.377. The summed E-state index contributed by atoms with van der Waals surface area (Å²) in [5, 5.41) is 0. The maximum absolute atomic E-state index is 11.7. The normalized spacial score (nSPS) is 10.2. The Morgan fingerprint density at radius 1 is 1.55 bits per heavy atom. The molecular formula is C7H14FNO2. The summed E-state index contributed by atoms with van der Waals surface area (Å²) in [6, 6.07) is 0. The van der Waals surface area contributed by atoms with Gasteiger partial charge in [-0.15, -0.1) is 0 Å². The fourth-order valence-electron chi connectivity index (χ4n) is 0.640. The lowest BCUT2D eigenvalue weighted by molar-refractivity contribution is -0.140. The molecule has 0 unspecified atom stereocenters. The number of methoxy groups -OCH3 is 1. The van der Waals surface area contributed by atoms with Crippen molar-refractivity contribution < 1.29 is 13.9 Å². The molecule has 0 aliphatic carbocycles. The minimum Gasteiger partial charge on any atom is -0.469 e. The van der Waals surface area contributed by atoms with E-state index >= 15 is 0 Å². The molecule has 0 aliphatic rings. The smallest absolute Gasteiger partial charge is 0.306 e. The fraction of sp³-hybridized carbons (Fsp3) is 0.857. The predicted molar refractivity (Wildman–Crippen MR) is 40.1 cm³/mol. The number of ether oxygens (including phenoxy) is 1. The van der Waals surface area contributed by atoms with Gasteiger partial charge in [-0.05, 0) is 7.05 Å². The van der Waals surface area contributed by atoms with Crippen molar-refractivity contribution in [1.29, 1.82) is 0 Å². The largest absolute Gasteiger partial charge is 0.469 e. The lowest BCUT2D eigenvalue weighted by Crippen LogP contribution is -2.24. The Bertz CT molecular complexity index is 119. The summed E-state index contributed by atoms with van der Waals surface area (Å²) in [4.78, 5) is 12.3. The third-order valence-electron chi connectivity index (χ3n) is 1.39. The Hall–Kier alpha value is -0.640. The van der Waals surface area contributed by atoms with Gasteiger partial charge >= 0.3 is 5.97 Å². The van der Waals surface area contributed by atoms with Gasteiger partial charge in [-0.25, -0.2) is 4.39 Å². The Morgan fingerprint density at radius 2 is 2.18 bits per heavy atom. The molecule has 11 heavy (non-hydrogen) atoms. The quantitative estimate of drug-likeness (QED) is 0.551. The predicted octanol–water partition coefficient (Wildman–Crippen LogP) is 0.451. The van der Waals surface area contributed by atoms with Crippen LogP contribution in [0.4, 0.5) is 4.39 Å². The van der Waals surface area contributed by atoms with Crippen molar-refractivity contribution in [2.75, 3.05) is 33.9 Å².